The number of pyridine rings is 1. The summed E-state index contributed by atoms with van der Waals surface area (Å²) in [5, 5.41) is 50.2. The maximum absolute atomic E-state index is 10.7. The largest absolute Gasteiger partial charge is 0.489 e. The molecule has 11 nitrogen and oxygen atoms in total. The van der Waals surface area contributed by atoms with Crippen molar-refractivity contribution in [2.45, 2.75) is 64.1 Å². The van der Waals surface area contributed by atoms with Crippen LogP contribution in [0.4, 0.5) is 0 Å². The smallest absolute Gasteiger partial charge is 0.141 e. The number of aromatic nitrogens is 1. The lowest BCUT2D eigenvalue weighted by Crippen LogP contribution is -2.47. The summed E-state index contributed by atoms with van der Waals surface area (Å²) >= 11 is 7.00. The van der Waals surface area contributed by atoms with E-state index in [4.69, 9.17) is 25.8 Å². The number of aryl methyl sites for hydroxylation is 1. The molecular formula is C44H55ClN4O7. The average Bonchev–Trinajstić information content (AvgIpc) is 3.20. The molecule has 0 bridgehead atoms. The van der Waals surface area contributed by atoms with Crippen LogP contribution in [0.2, 0.25) is 5.02 Å². The molecule has 12 heteroatoms. The van der Waals surface area contributed by atoms with Gasteiger partial charge in [-0.3, -0.25) is 9.88 Å². The van der Waals surface area contributed by atoms with Gasteiger partial charge in [-0.1, -0.05) is 54.9 Å². The molecule has 0 spiro atoms. The third-order valence-electron chi connectivity index (χ3n) is 11.7. The predicted molar refractivity (Wildman–Crippen MR) is 215 cm³/mol. The van der Waals surface area contributed by atoms with Gasteiger partial charge in [-0.05, 0) is 74.2 Å². The molecule has 56 heavy (non-hydrogen) atoms. The van der Waals surface area contributed by atoms with Gasteiger partial charge in [-0.2, -0.15) is 5.26 Å². The van der Waals surface area contributed by atoms with Gasteiger partial charge in [0.1, 0.15) is 36.4 Å². The molecular weight excluding hydrogens is 732 g/mol. The molecule has 0 radical (unpaired) electrons. The SMILES string of the molecule is Cc1ccccc1C1=CC=CC(COc2cc(OCc3cncc(C#N)c3)c(CN3CC[C@H](CO)[C@H](O)C3)cc2Cl)(OCCCN2CC[C@H](CO)[C@H](O)C2)C1C. The number of rotatable bonds is 16. The van der Waals surface area contributed by atoms with Gasteiger partial charge in [0.15, 0.2) is 0 Å². The molecule has 0 amide bonds. The summed E-state index contributed by atoms with van der Waals surface area (Å²) in [4.78, 5) is 8.54. The van der Waals surface area contributed by atoms with E-state index in [0.29, 0.717) is 61.3 Å². The van der Waals surface area contributed by atoms with Crippen molar-refractivity contribution in [1.29, 1.82) is 5.26 Å². The predicted octanol–water partition coefficient (Wildman–Crippen LogP) is 5.16. The van der Waals surface area contributed by atoms with E-state index >= 15 is 0 Å². The highest BCUT2D eigenvalue weighted by Crippen LogP contribution is 2.42. The monoisotopic (exact) mass is 786 g/mol. The summed E-state index contributed by atoms with van der Waals surface area (Å²) < 4.78 is 19.9. The van der Waals surface area contributed by atoms with E-state index in [0.717, 1.165) is 48.2 Å². The minimum atomic E-state index is -0.838. The number of piperidine rings is 2. The zero-order chi connectivity index (χ0) is 39.7. The van der Waals surface area contributed by atoms with E-state index in [2.05, 4.69) is 59.0 Å². The number of aliphatic hydroxyl groups excluding tert-OH is 4. The van der Waals surface area contributed by atoms with E-state index in [-0.39, 0.29) is 44.2 Å². The van der Waals surface area contributed by atoms with Crippen molar-refractivity contribution in [3.05, 3.63) is 106 Å². The maximum atomic E-state index is 10.7. The van der Waals surface area contributed by atoms with Gasteiger partial charge >= 0.3 is 0 Å². The first kappa shape index (κ1) is 41.8. The molecule has 300 valence electrons. The molecule has 2 fully saturated rings. The molecule has 2 aliphatic heterocycles. The quantitative estimate of drug-likeness (QED) is 0.143. The van der Waals surface area contributed by atoms with Gasteiger partial charge in [-0.25, -0.2) is 0 Å². The lowest BCUT2D eigenvalue weighted by atomic mass is 9.76. The van der Waals surface area contributed by atoms with E-state index in [1.165, 1.54) is 11.8 Å². The van der Waals surface area contributed by atoms with Crippen molar-refractivity contribution < 1.29 is 34.6 Å². The van der Waals surface area contributed by atoms with Gasteiger partial charge in [-0.15, -0.1) is 0 Å². The van der Waals surface area contributed by atoms with E-state index in [1.807, 2.05) is 24.3 Å². The Morgan fingerprint density at radius 1 is 0.964 bits per heavy atom. The third kappa shape index (κ3) is 10.2. The van der Waals surface area contributed by atoms with Crippen LogP contribution in [0.1, 0.15) is 54.0 Å². The second-order valence-corrected chi connectivity index (χ2v) is 15.9. The second-order valence-electron chi connectivity index (χ2n) is 15.5. The first-order chi connectivity index (χ1) is 27.1. The normalized spacial score (nSPS) is 25.8. The lowest BCUT2D eigenvalue weighted by Gasteiger charge is -2.40. The van der Waals surface area contributed by atoms with Gasteiger partial charge in [0, 0.05) is 93.3 Å². The third-order valence-corrected chi connectivity index (χ3v) is 12.0. The Morgan fingerprint density at radius 3 is 2.41 bits per heavy atom. The number of halogens is 1. The highest BCUT2D eigenvalue weighted by Gasteiger charge is 2.40. The number of hydrogen-bond acceptors (Lipinski definition) is 11. The summed E-state index contributed by atoms with van der Waals surface area (Å²) in [6.07, 6.45) is 10.4. The molecule has 2 saturated heterocycles. The van der Waals surface area contributed by atoms with Crippen LogP contribution in [0.15, 0.2) is 73.1 Å². The molecule has 4 N–H and O–H groups in total. The molecule has 3 aliphatic rings. The number of hydrogen-bond donors (Lipinski definition) is 4. The van der Waals surface area contributed by atoms with Crippen LogP contribution >= 0.6 is 11.6 Å². The van der Waals surface area contributed by atoms with Crippen molar-refractivity contribution in [3.8, 4) is 17.6 Å². The summed E-state index contributed by atoms with van der Waals surface area (Å²) in [6.45, 7) is 8.74. The van der Waals surface area contributed by atoms with Gasteiger partial charge in [0.25, 0.3) is 0 Å². The van der Waals surface area contributed by atoms with Crippen LogP contribution in [0.3, 0.4) is 0 Å². The Labute approximate surface area is 335 Å². The summed E-state index contributed by atoms with van der Waals surface area (Å²) in [5.74, 6) is 0.687. The highest BCUT2D eigenvalue weighted by molar-refractivity contribution is 6.32. The number of likely N-dealkylation sites (tertiary alicyclic amines) is 2. The van der Waals surface area contributed by atoms with Crippen molar-refractivity contribution in [3.63, 3.8) is 0 Å². The lowest BCUT2D eigenvalue weighted by molar-refractivity contribution is -0.0643. The molecule has 6 atom stereocenters. The van der Waals surface area contributed by atoms with Gasteiger partial charge in [0.05, 0.1) is 22.8 Å². The Bertz CT molecular complexity index is 1880. The summed E-state index contributed by atoms with van der Waals surface area (Å²) in [6, 6.07) is 15.9. The van der Waals surface area contributed by atoms with Gasteiger partial charge in [0.2, 0.25) is 0 Å². The van der Waals surface area contributed by atoms with E-state index < -0.39 is 17.8 Å². The minimum Gasteiger partial charge on any atom is -0.489 e. The van der Waals surface area contributed by atoms with Crippen molar-refractivity contribution in [2.75, 3.05) is 59.2 Å². The molecule has 0 saturated carbocycles. The number of allylic oxidation sites excluding steroid dienone is 2. The van der Waals surface area contributed by atoms with E-state index in [9.17, 15) is 25.7 Å². The Hall–Kier alpha value is -3.83. The molecule has 1 aromatic heterocycles. The number of β-amino-alcohol motifs (C(OH)–C–C–N with tert-alkyl or cyclic N) is 2. The maximum Gasteiger partial charge on any atom is 0.141 e. The average molecular weight is 787 g/mol. The van der Waals surface area contributed by atoms with E-state index in [1.54, 1.807) is 18.3 Å². The molecule has 3 heterocycles. The fraction of sp³-hybridized carbons (Fsp3) is 0.500. The Kier molecular flexibility index (Phi) is 14.6. The summed E-state index contributed by atoms with van der Waals surface area (Å²) in [5.41, 5.74) is 4.63. The topological polar surface area (TPSA) is 152 Å². The molecule has 6 rings (SSSR count). The van der Waals surface area contributed by atoms with Crippen LogP contribution < -0.4 is 9.47 Å². The van der Waals surface area contributed by atoms with Crippen molar-refractivity contribution in [1.82, 2.24) is 14.8 Å². The molecule has 3 aromatic rings. The minimum absolute atomic E-state index is 0.00400. The Morgan fingerprint density at radius 2 is 1.70 bits per heavy atom. The number of nitriles is 1. The first-order valence-electron chi connectivity index (χ1n) is 19.7. The van der Waals surface area contributed by atoms with Crippen LogP contribution in [0.5, 0.6) is 11.5 Å². The number of benzene rings is 2. The zero-order valence-corrected chi connectivity index (χ0v) is 33.2. The fourth-order valence-corrected chi connectivity index (χ4v) is 8.29. The first-order valence-corrected chi connectivity index (χ1v) is 20.0. The summed E-state index contributed by atoms with van der Waals surface area (Å²) in [7, 11) is 0. The second kappa shape index (κ2) is 19.5. The molecule has 2 aromatic carbocycles. The van der Waals surface area contributed by atoms with Crippen LogP contribution in [0.25, 0.3) is 5.57 Å². The number of nitrogens with zero attached hydrogens (tertiary/aromatic N) is 4. The van der Waals surface area contributed by atoms with Crippen LogP contribution in [-0.2, 0) is 17.9 Å². The van der Waals surface area contributed by atoms with Crippen LogP contribution in [0, 0.1) is 36.0 Å². The van der Waals surface area contributed by atoms with Gasteiger partial charge < -0.3 is 39.5 Å². The van der Waals surface area contributed by atoms with Crippen LogP contribution in [-0.4, -0.2) is 112 Å². The highest BCUT2D eigenvalue weighted by atomic mass is 35.5. The van der Waals surface area contributed by atoms with Crippen molar-refractivity contribution >= 4 is 17.2 Å². The molecule has 2 unspecified atom stereocenters. The van der Waals surface area contributed by atoms with Crippen molar-refractivity contribution in [2.24, 2.45) is 17.8 Å². The Balaban J connectivity index is 1.23. The zero-order valence-electron chi connectivity index (χ0n) is 32.4. The fourth-order valence-electron chi connectivity index (χ4n) is 8.05. The standard InChI is InChI=1S/C44H55ClN4O7/c1-30-7-3-4-8-37(30)38-9-5-12-44(31(38)2,56-16-6-13-48-14-10-34(26-50)40(52)24-48)29-55-43-19-42(54-28-33-17-32(20-46)21-47-22-33)36(18-39(43)45)23-49-15-11-35(27-51)41(53)25-49/h3-5,7-9,12,17-19,21-22,31,34-35,40-41,50-53H,6,10-11,13-16,23-29H2,1-2H3/t31?,34-,35-,40-,41-,44?/m1/s1. The number of aliphatic hydroxyl groups is 4. The number of ether oxygens (including phenoxy) is 3. The molecule has 1 aliphatic carbocycles.